The Bertz CT molecular complexity index is 2530. The Morgan fingerprint density at radius 3 is 1.75 bits per heavy atom. The number of nitrogens with two attached hydrogens (primary N) is 5. The highest BCUT2D eigenvalue weighted by Gasteiger charge is 2.41. The lowest BCUT2D eigenvalue weighted by molar-refractivity contribution is -0.137. The molecule has 0 aliphatic carbocycles. The fourth-order valence-corrected chi connectivity index (χ4v) is 11.6. The molecule has 3 rings (SSSR count). The molecule has 1 aromatic rings. The van der Waals surface area contributed by atoms with E-state index in [0.717, 1.165) is 0 Å². The third kappa shape index (κ3) is 25.5. The zero-order valence-electron chi connectivity index (χ0n) is 51.0. The highest BCUT2D eigenvalue weighted by molar-refractivity contribution is 7.54. The van der Waals surface area contributed by atoms with Crippen LogP contribution in [0.15, 0.2) is 30.3 Å². The molecule has 20 N–H and O–H groups in total. The number of rotatable bonds is 27. The average Bonchev–Trinajstić information content (AvgIpc) is 3.46. The molecule has 0 aromatic heterocycles. The standard InChI is InChI=1S/C57H96N13O16P/c1-32(2)24-43-54(81)66-41(15-21-61)45(73)26-36(12-18-58)51(78)70-49(34(4)72)56(83)63-23-17-37(50(77)67-42(16-22-62)53(80)69-44(55(82)68-43)25-35-10-8-7-9-11-35)27-46(74)40(14-20-60)65-52(79)38(33(3)71)28-47(75)39(13-19-59)64-48(76)29-87(84)85-30-57(5,6)31-86-87/h7-11,32-34,36-44,49,71-72H,12-31,58-62H2,1-6H3,(H,63,83)(H,64,76)(H,65,79)(H,66,81)(H,67,77)(H,68,82)(H,69,80)(H,70,78)/t33?,34?,36-,37-,38+,39+,40+,41+,42+,43+,44-,49+/m1/s1. The van der Waals surface area contributed by atoms with Crippen molar-refractivity contribution < 1.29 is 76.6 Å². The topological polar surface area (TPSA) is 490 Å². The van der Waals surface area contributed by atoms with Crippen LogP contribution in [0.2, 0.25) is 0 Å². The van der Waals surface area contributed by atoms with Crippen LogP contribution in [0, 0.1) is 29.1 Å². The summed E-state index contributed by atoms with van der Waals surface area (Å²) in [5, 5.41) is 42.5. The largest absolute Gasteiger partial charge is 0.393 e. The molecule has 29 nitrogen and oxygen atoms in total. The molecule has 0 radical (unpaired) electrons. The molecule has 0 spiro atoms. The fraction of sp³-hybridized carbons (Fsp3) is 0.702. The summed E-state index contributed by atoms with van der Waals surface area (Å²) in [5.74, 6) is -13.5. The minimum Gasteiger partial charge on any atom is -0.393 e. The Kier molecular flexibility index (Phi) is 31.9. The number of amides is 8. The fourth-order valence-electron chi connectivity index (χ4n) is 9.78. The molecule has 8 amide bonds. The van der Waals surface area contributed by atoms with Crippen molar-refractivity contribution >= 4 is 72.2 Å². The van der Waals surface area contributed by atoms with Gasteiger partial charge in [-0.25, -0.2) is 0 Å². The van der Waals surface area contributed by atoms with E-state index in [1.807, 2.05) is 13.8 Å². The summed E-state index contributed by atoms with van der Waals surface area (Å²) in [4.78, 5) is 155. The van der Waals surface area contributed by atoms with Crippen molar-refractivity contribution in [1.29, 1.82) is 0 Å². The summed E-state index contributed by atoms with van der Waals surface area (Å²) >= 11 is 0. The van der Waals surface area contributed by atoms with Crippen LogP contribution in [-0.4, -0.2) is 188 Å². The van der Waals surface area contributed by atoms with Crippen LogP contribution in [0.1, 0.15) is 111 Å². The Morgan fingerprint density at radius 1 is 0.655 bits per heavy atom. The van der Waals surface area contributed by atoms with Gasteiger partial charge in [0.2, 0.25) is 47.3 Å². The molecular formula is C57H96N13O16P. The predicted molar refractivity (Wildman–Crippen MR) is 320 cm³/mol. The van der Waals surface area contributed by atoms with E-state index in [-0.39, 0.29) is 103 Å². The van der Waals surface area contributed by atoms with E-state index in [9.17, 15) is 67.5 Å². The van der Waals surface area contributed by atoms with Gasteiger partial charge in [-0.2, -0.15) is 0 Å². The summed E-state index contributed by atoms with van der Waals surface area (Å²) in [6.45, 7) is 8.71. The van der Waals surface area contributed by atoms with Gasteiger partial charge in [-0.1, -0.05) is 58.0 Å². The third-order valence-electron chi connectivity index (χ3n) is 14.8. The van der Waals surface area contributed by atoms with E-state index in [0.29, 0.717) is 5.56 Å². The minimum absolute atomic E-state index is 0.0533. The van der Waals surface area contributed by atoms with E-state index in [4.69, 9.17) is 37.7 Å². The van der Waals surface area contributed by atoms with Crippen LogP contribution in [-0.2, 0) is 72.8 Å². The lowest BCUT2D eigenvalue weighted by Crippen LogP contribution is -2.59. The lowest BCUT2D eigenvalue weighted by Gasteiger charge is -2.33. The molecule has 1 aromatic carbocycles. The van der Waals surface area contributed by atoms with Crippen molar-refractivity contribution in [2.45, 2.75) is 167 Å². The van der Waals surface area contributed by atoms with Crippen molar-refractivity contribution in [3.63, 3.8) is 0 Å². The molecule has 2 saturated heterocycles. The SMILES string of the molecule is CC(C)C[C@@H]1NC(=O)[C@@H](Cc2ccccc2)NC(=O)[C@H](CCN)NC(=O)[C@@H](CC(=O)[C@H](CCN)NC(=O)[C@@H](CC(=O)[C@H](CCN)NC(=O)CP2(=O)OCC(C)(C)CO2)C(C)O)CCNC(=O)[C@H](C(C)O)NC(=O)[C@H](CCN)CC(=O)[C@H](CCN)NC1=O. The zero-order valence-corrected chi connectivity index (χ0v) is 51.9. The van der Waals surface area contributed by atoms with Crippen molar-refractivity contribution in [2.24, 2.45) is 57.8 Å². The molecule has 0 saturated carbocycles. The predicted octanol–water partition coefficient (Wildman–Crippen LogP) is -3.31. The molecule has 2 aliphatic rings. The third-order valence-corrected chi connectivity index (χ3v) is 16.6. The number of Topliss-reactive ketones (excluding diaryl/α,β-unsaturated/α-hetero) is 3. The molecule has 2 fully saturated rings. The van der Waals surface area contributed by atoms with Gasteiger partial charge < -0.3 is 90.5 Å². The highest BCUT2D eigenvalue weighted by atomic mass is 31.2. The van der Waals surface area contributed by atoms with Gasteiger partial charge in [0.1, 0.15) is 30.3 Å². The molecule has 30 heteroatoms. The number of hydrogen-bond acceptors (Lipinski definition) is 21. The van der Waals surface area contributed by atoms with Gasteiger partial charge in [-0.05, 0) is 103 Å². The smallest absolute Gasteiger partial charge is 0.340 e. The maximum absolute atomic E-state index is 14.6. The first kappa shape index (κ1) is 75.1. The number of hydrogen-bond donors (Lipinski definition) is 15. The number of aliphatic hydroxyl groups excluding tert-OH is 2. The second kappa shape index (κ2) is 37.0. The van der Waals surface area contributed by atoms with Crippen LogP contribution in [0.4, 0.5) is 0 Å². The van der Waals surface area contributed by atoms with Crippen molar-refractivity contribution in [3.05, 3.63) is 35.9 Å². The highest BCUT2D eigenvalue weighted by Crippen LogP contribution is 2.53. The number of carbonyl (C=O) groups is 11. The van der Waals surface area contributed by atoms with E-state index < -0.39 is 182 Å². The molecule has 12 atom stereocenters. The van der Waals surface area contributed by atoms with E-state index in [2.05, 4.69) is 42.5 Å². The van der Waals surface area contributed by atoms with E-state index in [1.165, 1.54) is 13.8 Å². The number of aliphatic hydroxyl groups is 2. The summed E-state index contributed by atoms with van der Waals surface area (Å²) in [5.41, 5.74) is 29.6. The Labute approximate surface area is 508 Å². The zero-order chi connectivity index (χ0) is 65.2. The van der Waals surface area contributed by atoms with Crippen molar-refractivity contribution in [2.75, 3.05) is 58.6 Å². The Morgan fingerprint density at radius 2 is 1.18 bits per heavy atom. The lowest BCUT2D eigenvalue weighted by atomic mass is 9.90. The normalized spacial score (nSPS) is 24.7. The molecule has 0 bridgehead atoms. The number of ketones is 3. The second-order valence-electron chi connectivity index (χ2n) is 23.7. The van der Waals surface area contributed by atoms with Crippen LogP contribution in [0.5, 0.6) is 0 Å². The Hall–Kier alpha value is -6.14. The summed E-state index contributed by atoms with van der Waals surface area (Å²) < 4.78 is 24.0. The summed E-state index contributed by atoms with van der Waals surface area (Å²) in [6.07, 6.45) is -6.74. The molecule has 87 heavy (non-hydrogen) atoms. The molecule has 2 unspecified atom stereocenters. The van der Waals surface area contributed by atoms with Crippen LogP contribution < -0.4 is 71.2 Å². The van der Waals surface area contributed by atoms with Crippen LogP contribution >= 0.6 is 7.60 Å². The monoisotopic (exact) mass is 1250 g/mol. The van der Waals surface area contributed by atoms with Crippen molar-refractivity contribution in [3.8, 4) is 0 Å². The Balaban J connectivity index is 2.06. The maximum Gasteiger partial charge on any atom is 0.340 e. The summed E-state index contributed by atoms with van der Waals surface area (Å²) in [6, 6.07) is -1.23. The van der Waals surface area contributed by atoms with Gasteiger partial charge in [0.25, 0.3) is 0 Å². The molecule has 2 aliphatic heterocycles. The van der Waals surface area contributed by atoms with Crippen LogP contribution in [0.3, 0.4) is 0 Å². The molecular weight excluding hydrogens is 1150 g/mol. The van der Waals surface area contributed by atoms with E-state index >= 15 is 0 Å². The number of nitrogens with one attached hydrogen (secondary N) is 8. The number of benzene rings is 1. The van der Waals surface area contributed by atoms with Gasteiger partial charge in [0, 0.05) is 49.5 Å². The summed E-state index contributed by atoms with van der Waals surface area (Å²) in [7, 11) is -3.87. The maximum atomic E-state index is 14.6. The number of carbonyl (C=O) groups excluding carboxylic acids is 11. The van der Waals surface area contributed by atoms with E-state index in [1.54, 1.807) is 44.2 Å². The van der Waals surface area contributed by atoms with Gasteiger partial charge in [0.15, 0.2) is 17.3 Å². The van der Waals surface area contributed by atoms with Gasteiger partial charge >= 0.3 is 7.60 Å². The average molecular weight is 1250 g/mol. The van der Waals surface area contributed by atoms with Gasteiger partial charge in [-0.3, -0.25) is 57.3 Å². The first-order valence-corrected chi connectivity index (χ1v) is 31.5. The molecule has 2 heterocycles. The first-order chi connectivity index (χ1) is 41.0. The minimum atomic E-state index is -3.87. The first-order valence-electron chi connectivity index (χ1n) is 29.8. The van der Waals surface area contributed by atoms with Gasteiger partial charge in [0.05, 0.1) is 49.5 Å². The van der Waals surface area contributed by atoms with Crippen molar-refractivity contribution in [1.82, 2.24) is 42.5 Å². The molecule has 490 valence electrons. The van der Waals surface area contributed by atoms with Crippen LogP contribution in [0.25, 0.3) is 0 Å². The second-order valence-corrected chi connectivity index (χ2v) is 25.7. The van der Waals surface area contributed by atoms with Gasteiger partial charge in [-0.15, -0.1) is 0 Å². The quantitative estimate of drug-likeness (QED) is 0.0384.